The average molecular weight is 411 g/mol. The van der Waals surface area contributed by atoms with Crippen LogP contribution < -0.4 is 4.74 Å². The lowest BCUT2D eigenvalue weighted by atomic mass is 10.1. The highest BCUT2D eigenvalue weighted by Gasteiger charge is 2.47. The molecule has 1 aromatic rings. The molecule has 8 nitrogen and oxygen atoms in total. The van der Waals surface area contributed by atoms with E-state index in [0.29, 0.717) is 17.9 Å². The average Bonchev–Trinajstić information content (AvgIpc) is 2.60. The van der Waals surface area contributed by atoms with Gasteiger partial charge in [-0.05, 0) is 25.5 Å². The van der Waals surface area contributed by atoms with E-state index in [-0.39, 0.29) is 0 Å². The summed E-state index contributed by atoms with van der Waals surface area (Å²) in [5.41, 5.74) is 0.980. The summed E-state index contributed by atoms with van der Waals surface area (Å²) >= 11 is 1.32. The Balaban J connectivity index is 2.33. The van der Waals surface area contributed by atoms with Crippen LogP contribution in [0.15, 0.2) is 12.1 Å². The summed E-state index contributed by atoms with van der Waals surface area (Å²) in [4.78, 5) is 39.2. The van der Waals surface area contributed by atoms with Gasteiger partial charge in [-0.15, -0.1) is 11.8 Å². The minimum atomic E-state index is -0.972. The number of ether oxygens (including phenoxy) is 4. The first-order valence-corrected chi connectivity index (χ1v) is 10.0. The molecule has 1 aromatic heterocycles. The fourth-order valence-electron chi connectivity index (χ4n) is 2.89. The molecule has 1 aliphatic rings. The third-order valence-corrected chi connectivity index (χ3v) is 5.17. The lowest BCUT2D eigenvalue weighted by Crippen LogP contribution is -2.55. The fourth-order valence-corrected chi connectivity index (χ4v) is 4.10. The SMILES string of the molecule is CCc1nc(C)ccc1O[C@@H]1SC[C@@H](OC(C)=O)[C@H](OC(C)=O)[C@H]1OC(C)=O. The van der Waals surface area contributed by atoms with Gasteiger partial charge in [0.15, 0.2) is 23.7 Å². The van der Waals surface area contributed by atoms with Crippen molar-refractivity contribution in [3.8, 4) is 5.75 Å². The van der Waals surface area contributed by atoms with Gasteiger partial charge in [0.1, 0.15) is 5.75 Å². The highest BCUT2D eigenvalue weighted by molar-refractivity contribution is 7.99. The van der Waals surface area contributed by atoms with Gasteiger partial charge >= 0.3 is 17.9 Å². The summed E-state index contributed by atoms with van der Waals surface area (Å²) in [5.74, 6) is -0.760. The van der Waals surface area contributed by atoms with Crippen LogP contribution in [-0.4, -0.2) is 52.4 Å². The third-order valence-electron chi connectivity index (χ3n) is 3.95. The zero-order chi connectivity index (χ0) is 20.8. The summed E-state index contributed by atoms with van der Waals surface area (Å²) in [5, 5.41) is 0. The molecule has 1 saturated heterocycles. The summed E-state index contributed by atoms with van der Waals surface area (Å²) in [7, 11) is 0. The summed E-state index contributed by atoms with van der Waals surface area (Å²) in [6, 6.07) is 3.64. The second-order valence-corrected chi connectivity index (χ2v) is 7.50. The maximum absolute atomic E-state index is 11.7. The smallest absolute Gasteiger partial charge is 0.303 e. The maximum Gasteiger partial charge on any atom is 0.303 e. The lowest BCUT2D eigenvalue weighted by molar-refractivity contribution is -0.186. The molecule has 2 heterocycles. The van der Waals surface area contributed by atoms with Crippen molar-refractivity contribution in [1.29, 1.82) is 0 Å². The van der Waals surface area contributed by atoms with E-state index in [2.05, 4.69) is 4.98 Å². The Kier molecular flexibility index (Phi) is 7.68. The molecule has 1 fully saturated rings. The van der Waals surface area contributed by atoms with Gasteiger partial charge in [-0.1, -0.05) is 6.92 Å². The third kappa shape index (κ3) is 5.85. The van der Waals surface area contributed by atoms with Gasteiger partial charge in [-0.2, -0.15) is 0 Å². The van der Waals surface area contributed by atoms with E-state index in [4.69, 9.17) is 18.9 Å². The van der Waals surface area contributed by atoms with Crippen molar-refractivity contribution < 1.29 is 33.3 Å². The molecule has 0 aliphatic carbocycles. The normalized spacial score (nSPS) is 24.2. The minimum Gasteiger partial charge on any atom is -0.474 e. The van der Waals surface area contributed by atoms with Crippen LogP contribution >= 0.6 is 11.8 Å². The molecule has 4 atom stereocenters. The van der Waals surface area contributed by atoms with Crippen LogP contribution in [0.25, 0.3) is 0 Å². The largest absolute Gasteiger partial charge is 0.474 e. The Morgan fingerprint density at radius 1 is 1.04 bits per heavy atom. The molecule has 0 bridgehead atoms. The second kappa shape index (κ2) is 9.77. The minimum absolute atomic E-state index is 0.320. The number of carbonyl (C=O) groups is 3. The van der Waals surface area contributed by atoms with Gasteiger partial charge in [0, 0.05) is 32.2 Å². The number of aromatic nitrogens is 1. The topological polar surface area (TPSA) is 101 Å². The van der Waals surface area contributed by atoms with Crippen molar-refractivity contribution in [2.45, 2.75) is 64.8 Å². The van der Waals surface area contributed by atoms with Crippen molar-refractivity contribution in [1.82, 2.24) is 4.98 Å². The van der Waals surface area contributed by atoms with E-state index < -0.39 is 41.7 Å². The summed E-state index contributed by atoms with van der Waals surface area (Å²) in [6.45, 7) is 7.62. The number of aryl methyl sites for hydroxylation is 2. The fraction of sp³-hybridized carbons (Fsp3) is 0.579. The predicted molar refractivity (Wildman–Crippen MR) is 102 cm³/mol. The van der Waals surface area contributed by atoms with E-state index in [0.717, 1.165) is 11.4 Å². The highest BCUT2D eigenvalue weighted by atomic mass is 32.2. The number of nitrogens with zero attached hydrogens (tertiary/aromatic N) is 1. The Morgan fingerprint density at radius 3 is 2.21 bits per heavy atom. The number of hydrogen-bond donors (Lipinski definition) is 0. The van der Waals surface area contributed by atoms with Crippen LogP contribution in [0.1, 0.15) is 39.1 Å². The maximum atomic E-state index is 11.7. The Morgan fingerprint density at radius 2 is 1.64 bits per heavy atom. The van der Waals surface area contributed by atoms with Crippen LogP contribution in [-0.2, 0) is 35.0 Å². The van der Waals surface area contributed by atoms with Crippen molar-refractivity contribution in [2.24, 2.45) is 0 Å². The molecular formula is C19H25NO7S. The molecule has 0 aromatic carbocycles. The van der Waals surface area contributed by atoms with E-state index in [9.17, 15) is 14.4 Å². The highest BCUT2D eigenvalue weighted by Crippen LogP contribution is 2.35. The first-order valence-electron chi connectivity index (χ1n) is 8.97. The zero-order valence-corrected chi connectivity index (χ0v) is 17.4. The molecule has 0 unspecified atom stereocenters. The first-order chi connectivity index (χ1) is 13.2. The predicted octanol–water partition coefficient (Wildman–Crippen LogP) is 2.20. The summed E-state index contributed by atoms with van der Waals surface area (Å²) < 4.78 is 22.2. The molecule has 0 amide bonds. The van der Waals surface area contributed by atoms with Gasteiger partial charge in [0.25, 0.3) is 0 Å². The molecule has 2 rings (SSSR count). The van der Waals surface area contributed by atoms with Crippen LogP contribution in [0.3, 0.4) is 0 Å². The Bertz CT molecular complexity index is 739. The Labute approximate surface area is 168 Å². The van der Waals surface area contributed by atoms with Crippen LogP contribution in [0.2, 0.25) is 0 Å². The number of rotatable bonds is 6. The molecule has 0 N–H and O–H groups in total. The van der Waals surface area contributed by atoms with E-state index in [1.807, 2.05) is 26.0 Å². The van der Waals surface area contributed by atoms with Crippen molar-refractivity contribution in [3.63, 3.8) is 0 Å². The lowest BCUT2D eigenvalue weighted by Gasteiger charge is -2.40. The van der Waals surface area contributed by atoms with Gasteiger partial charge in [-0.3, -0.25) is 19.4 Å². The Hall–Kier alpha value is -2.29. The van der Waals surface area contributed by atoms with E-state index >= 15 is 0 Å². The molecule has 28 heavy (non-hydrogen) atoms. The molecule has 0 saturated carbocycles. The number of carbonyl (C=O) groups excluding carboxylic acids is 3. The van der Waals surface area contributed by atoms with Crippen molar-refractivity contribution >= 4 is 29.7 Å². The quantitative estimate of drug-likeness (QED) is 0.515. The number of hydrogen-bond acceptors (Lipinski definition) is 9. The first kappa shape index (κ1) is 22.0. The van der Waals surface area contributed by atoms with E-state index in [1.165, 1.54) is 32.5 Å². The van der Waals surface area contributed by atoms with Crippen molar-refractivity contribution in [3.05, 3.63) is 23.5 Å². The molecule has 0 radical (unpaired) electrons. The van der Waals surface area contributed by atoms with Gasteiger partial charge in [0.2, 0.25) is 0 Å². The molecule has 154 valence electrons. The monoisotopic (exact) mass is 411 g/mol. The van der Waals surface area contributed by atoms with Gasteiger partial charge in [-0.25, -0.2) is 0 Å². The molecular weight excluding hydrogens is 386 g/mol. The number of thioether (sulfide) groups is 1. The number of pyridine rings is 1. The van der Waals surface area contributed by atoms with Gasteiger partial charge < -0.3 is 18.9 Å². The molecule has 9 heteroatoms. The molecule has 0 spiro atoms. The van der Waals surface area contributed by atoms with Crippen LogP contribution in [0, 0.1) is 6.92 Å². The molecule has 1 aliphatic heterocycles. The summed E-state index contributed by atoms with van der Waals surface area (Å²) in [6.07, 6.45) is -2.01. The zero-order valence-electron chi connectivity index (χ0n) is 16.6. The van der Waals surface area contributed by atoms with E-state index in [1.54, 1.807) is 0 Å². The standard InChI is InChI=1S/C19H25NO7S/c1-6-14-15(8-7-10(2)20-14)27-19-18(26-13(5)23)17(25-12(4)22)16(9-28-19)24-11(3)21/h7-8,16-19H,6,9H2,1-5H3/t16-,17+,18-,19-/m1/s1. The number of esters is 3. The van der Waals surface area contributed by atoms with Crippen molar-refractivity contribution in [2.75, 3.05) is 5.75 Å². The second-order valence-electron chi connectivity index (χ2n) is 6.37. The van der Waals surface area contributed by atoms with Crippen LogP contribution in [0.5, 0.6) is 5.75 Å². The van der Waals surface area contributed by atoms with Crippen LogP contribution in [0.4, 0.5) is 0 Å². The van der Waals surface area contributed by atoms with Gasteiger partial charge in [0.05, 0.1) is 5.69 Å².